The summed E-state index contributed by atoms with van der Waals surface area (Å²) in [6.45, 7) is 0.384. The number of nitrogens with one attached hydrogen (secondary N) is 1. The summed E-state index contributed by atoms with van der Waals surface area (Å²) >= 11 is 3.11. The van der Waals surface area contributed by atoms with Crippen molar-refractivity contribution in [3.05, 3.63) is 52.1 Å². The molecule has 0 aliphatic heterocycles. The van der Waals surface area contributed by atoms with E-state index in [9.17, 15) is 9.18 Å². The highest BCUT2D eigenvalue weighted by Gasteiger charge is 2.10. The lowest BCUT2D eigenvalue weighted by molar-refractivity contribution is 0.0563. The lowest BCUT2D eigenvalue weighted by Gasteiger charge is -2.05. The Morgan fingerprint density at radius 2 is 2.21 bits per heavy atom. The molecule has 2 rings (SSSR count). The Kier molecular flexibility index (Phi) is 4.21. The molecule has 4 nitrogen and oxygen atoms in total. The molecule has 0 atom stereocenters. The lowest BCUT2D eigenvalue weighted by atomic mass is 10.3. The highest BCUT2D eigenvalue weighted by Crippen LogP contribution is 2.20. The van der Waals surface area contributed by atoms with E-state index in [1.165, 1.54) is 13.2 Å². The first-order chi connectivity index (χ1) is 9.10. The van der Waals surface area contributed by atoms with Gasteiger partial charge in [-0.2, -0.15) is 0 Å². The van der Waals surface area contributed by atoms with Crippen LogP contribution in [0.2, 0.25) is 0 Å². The van der Waals surface area contributed by atoms with E-state index >= 15 is 0 Å². The fourth-order valence-electron chi connectivity index (χ4n) is 1.48. The van der Waals surface area contributed by atoms with Crippen molar-refractivity contribution in [2.45, 2.75) is 6.54 Å². The zero-order valence-electron chi connectivity index (χ0n) is 10.1. The van der Waals surface area contributed by atoms with Crippen LogP contribution in [0.15, 0.2) is 39.2 Å². The predicted molar refractivity (Wildman–Crippen MR) is 71.5 cm³/mol. The van der Waals surface area contributed by atoms with Gasteiger partial charge in [0.2, 0.25) is 5.76 Å². The summed E-state index contributed by atoms with van der Waals surface area (Å²) < 4.78 is 23.3. The summed E-state index contributed by atoms with van der Waals surface area (Å²) in [6, 6.07) is 7.82. The standard InChI is InChI=1S/C13H11BrFNO3/c1-18-13(17)12-5-3-9(19-12)7-16-8-2-4-11(15)10(14)6-8/h2-6,16H,7H2,1H3. The number of rotatable bonds is 4. The number of esters is 1. The molecule has 1 heterocycles. The van der Waals surface area contributed by atoms with Crippen LogP contribution in [0.25, 0.3) is 0 Å². The van der Waals surface area contributed by atoms with Gasteiger partial charge in [-0.15, -0.1) is 0 Å². The van der Waals surface area contributed by atoms with Crippen LogP contribution < -0.4 is 5.32 Å². The first-order valence-corrected chi connectivity index (χ1v) is 6.25. The number of carbonyl (C=O) groups excluding carboxylic acids is 1. The van der Waals surface area contributed by atoms with E-state index in [0.717, 1.165) is 5.69 Å². The number of carbonyl (C=O) groups is 1. The number of benzene rings is 1. The average molecular weight is 328 g/mol. The number of hydrogen-bond acceptors (Lipinski definition) is 4. The van der Waals surface area contributed by atoms with E-state index in [2.05, 4.69) is 26.0 Å². The van der Waals surface area contributed by atoms with Gasteiger partial charge in [-0.1, -0.05) is 0 Å². The van der Waals surface area contributed by atoms with Crippen LogP contribution >= 0.6 is 15.9 Å². The third-order valence-electron chi connectivity index (χ3n) is 2.43. The van der Waals surface area contributed by atoms with Crippen molar-refractivity contribution in [2.75, 3.05) is 12.4 Å². The minimum absolute atomic E-state index is 0.152. The zero-order valence-corrected chi connectivity index (χ0v) is 11.7. The number of hydrogen-bond donors (Lipinski definition) is 1. The van der Waals surface area contributed by atoms with E-state index < -0.39 is 5.97 Å². The van der Waals surface area contributed by atoms with Crippen molar-refractivity contribution in [3.8, 4) is 0 Å². The molecule has 0 saturated carbocycles. The first-order valence-electron chi connectivity index (χ1n) is 5.46. The van der Waals surface area contributed by atoms with Crippen molar-refractivity contribution < 1.29 is 18.3 Å². The van der Waals surface area contributed by atoms with E-state index in [0.29, 0.717) is 16.8 Å². The maximum absolute atomic E-state index is 13.0. The Bertz CT molecular complexity index is 597. The van der Waals surface area contributed by atoms with Crippen LogP contribution in [0.5, 0.6) is 0 Å². The molecule has 0 fully saturated rings. The maximum atomic E-state index is 13.0. The van der Waals surface area contributed by atoms with Crippen LogP contribution in [0.3, 0.4) is 0 Å². The monoisotopic (exact) mass is 327 g/mol. The van der Waals surface area contributed by atoms with E-state index in [1.54, 1.807) is 24.3 Å². The molecule has 0 unspecified atom stereocenters. The zero-order chi connectivity index (χ0) is 13.8. The van der Waals surface area contributed by atoms with Crippen LogP contribution in [0.1, 0.15) is 16.3 Å². The quantitative estimate of drug-likeness (QED) is 0.872. The number of ether oxygens (including phenoxy) is 1. The number of anilines is 1. The molecule has 6 heteroatoms. The summed E-state index contributed by atoms with van der Waals surface area (Å²) in [4.78, 5) is 11.2. The van der Waals surface area contributed by atoms with Crippen molar-refractivity contribution >= 4 is 27.6 Å². The van der Waals surface area contributed by atoms with Gasteiger partial charge in [0.05, 0.1) is 18.1 Å². The van der Waals surface area contributed by atoms with Gasteiger partial charge in [-0.05, 0) is 46.3 Å². The lowest BCUT2D eigenvalue weighted by Crippen LogP contribution is -2.00. The Labute approximate surface area is 117 Å². The van der Waals surface area contributed by atoms with Crippen LogP contribution in [-0.2, 0) is 11.3 Å². The molecule has 0 saturated heterocycles. The summed E-state index contributed by atoms with van der Waals surface area (Å²) in [6.07, 6.45) is 0. The molecule has 1 N–H and O–H groups in total. The van der Waals surface area contributed by atoms with Crippen molar-refractivity contribution in [1.82, 2.24) is 0 Å². The second-order valence-electron chi connectivity index (χ2n) is 3.74. The number of methoxy groups -OCH3 is 1. The third kappa shape index (κ3) is 3.35. The van der Waals surface area contributed by atoms with Gasteiger partial charge in [0.1, 0.15) is 11.6 Å². The molecule has 0 amide bonds. The van der Waals surface area contributed by atoms with Crippen LogP contribution in [0, 0.1) is 5.82 Å². The Balaban J connectivity index is 2.00. The van der Waals surface area contributed by atoms with E-state index in [4.69, 9.17) is 4.42 Å². The Hall–Kier alpha value is -1.82. The van der Waals surface area contributed by atoms with Crippen molar-refractivity contribution in [2.24, 2.45) is 0 Å². The molecule has 19 heavy (non-hydrogen) atoms. The average Bonchev–Trinajstić information content (AvgIpc) is 2.88. The SMILES string of the molecule is COC(=O)c1ccc(CNc2ccc(F)c(Br)c2)o1. The smallest absolute Gasteiger partial charge is 0.373 e. The summed E-state index contributed by atoms with van der Waals surface area (Å²) in [5.41, 5.74) is 0.740. The molecular weight excluding hydrogens is 317 g/mol. The molecule has 0 bridgehead atoms. The highest BCUT2D eigenvalue weighted by molar-refractivity contribution is 9.10. The normalized spacial score (nSPS) is 10.3. The maximum Gasteiger partial charge on any atom is 0.373 e. The summed E-state index contributed by atoms with van der Waals surface area (Å²) in [5.74, 6) is -0.104. The minimum atomic E-state index is -0.518. The first kappa shape index (κ1) is 13.6. The molecule has 1 aromatic carbocycles. The molecule has 2 aromatic rings. The topological polar surface area (TPSA) is 51.5 Å². The van der Waals surface area contributed by atoms with E-state index in [-0.39, 0.29) is 11.6 Å². The summed E-state index contributed by atoms with van der Waals surface area (Å²) in [5, 5.41) is 3.06. The Morgan fingerprint density at radius 3 is 2.89 bits per heavy atom. The summed E-state index contributed by atoms with van der Waals surface area (Å²) in [7, 11) is 1.29. The largest absolute Gasteiger partial charge is 0.463 e. The van der Waals surface area contributed by atoms with Gasteiger partial charge in [0.15, 0.2) is 0 Å². The molecule has 1 aromatic heterocycles. The molecule has 0 aliphatic carbocycles. The van der Waals surface area contributed by atoms with Gasteiger partial charge in [-0.25, -0.2) is 9.18 Å². The predicted octanol–water partition coefficient (Wildman–Crippen LogP) is 3.58. The molecule has 100 valence electrons. The fraction of sp³-hybridized carbons (Fsp3) is 0.154. The van der Waals surface area contributed by atoms with Gasteiger partial charge in [0.25, 0.3) is 0 Å². The molecule has 0 aliphatic rings. The van der Waals surface area contributed by atoms with Crippen LogP contribution in [0.4, 0.5) is 10.1 Å². The molecule has 0 radical (unpaired) electrons. The van der Waals surface area contributed by atoms with Crippen molar-refractivity contribution in [3.63, 3.8) is 0 Å². The van der Waals surface area contributed by atoms with Crippen molar-refractivity contribution in [1.29, 1.82) is 0 Å². The molecular formula is C13H11BrFNO3. The Morgan fingerprint density at radius 1 is 1.42 bits per heavy atom. The second kappa shape index (κ2) is 5.88. The minimum Gasteiger partial charge on any atom is -0.463 e. The number of halogens is 2. The molecule has 0 spiro atoms. The fourth-order valence-corrected chi connectivity index (χ4v) is 1.86. The third-order valence-corrected chi connectivity index (χ3v) is 3.04. The van der Waals surface area contributed by atoms with Gasteiger partial charge >= 0.3 is 5.97 Å². The van der Waals surface area contributed by atoms with Gasteiger partial charge in [-0.3, -0.25) is 0 Å². The van der Waals surface area contributed by atoms with Gasteiger partial charge in [0, 0.05) is 5.69 Å². The highest BCUT2D eigenvalue weighted by atomic mass is 79.9. The number of furan rings is 1. The van der Waals surface area contributed by atoms with Crippen LogP contribution in [-0.4, -0.2) is 13.1 Å². The second-order valence-corrected chi connectivity index (χ2v) is 4.59. The van der Waals surface area contributed by atoms with Gasteiger partial charge < -0.3 is 14.5 Å². The van der Waals surface area contributed by atoms with E-state index in [1.807, 2.05) is 0 Å².